The van der Waals surface area contributed by atoms with Gasteiger partial charge in [0.1, 0.15) is 0 Å². The first kappa shape index (κ1) is 21.3. The molecular formula is C24H28N4O2. The summed E-state index contributed by atoms with van der Waals surface area (Å²) in [5.74, 6) is -0.224. The molecule has 1 N–H and O–H groups in total. The molecule has 0 spiro atoms. The van der Waals surface area contributed by atoms with Gasteiger partial charge < -0.3 is 10.2 Å². The van der Waals surface area contributed by atoms with Crippen LogP contribution in [0.1, 0.15) is 52.7 Å². The van der Waals surface area contributed by atoms with Crippen LogP contribution in [0.3, 0.4) is 0 Å². The van der Waals surface area contributed by atoms with Crippen molar-refractivity contribution >= 4 is 17.5 Å². The quantitative estimate of drug-likeness (QED) is 0.631. The Balaban J connectivity index is 1.78. The van der Waals surface area contributed by atoms with Crippen molar-refractivity contribution in [2.24, 2.45) is 0 Å². The summed E-state index contributed by atoms with van der Waals surface area (Å²) in [7, 11) is 0. The third-order valence-electron chi connectivity index (χ3n) is 5.17. The molecule has 3 rings (SSSR count). The smallest absolute Gasteiger partial charge is 0.259 e. The molecule has 156 valence electrons. The third-order valence-corrected chi connectivity index (χ3v) is 5.17. The first-order valence-electron chi connectivity index (χ1n) is 10.3. The second-order valence-corrected chi connectivity index (χ2v) is 7.11. The summed E-state index contributed by atoms with van der Waals surface area (Å²) >= 11 is 0. The van der Waals surface area contributed by atoms with E-state index in [9.17, 15) is 9.59 Å². The summed E-state index contributed by atoms with van der Waals surface area (Å²) in [6.45, 7) is 9.28. The minimum absolute atomic E-state index is 0.00878. The lowest BCUT2D eigenvalue weighted by Gasteiger charge is -2.18. The average molecular weight is 405 g/mol. The van der Waals surface area contributed by atoms with Gasteiger partial charge in [-0.25, -0.2) is 4.68 Å². The minimum atomic E-state index is -0.215. The van der Waals surface area contributed by atoms with E-state index >= 15 is 0 Å². The second kappa shape index (κ2) is 9.39. The van der Waals surface area contributed by atoms with Crippen molar-refractivity contribution in [3.05, 3.63) is 77.1 Å². The summed E-state index contributed by atoms with van der Waals surface area (Å²) in [6.07, 6.45) is 2.28. The largest absolute Gasteiger partial charge is 0.339 e. The van der Waals surface area contributed by atoms with E-state index < -0.39 is 0 Å². The maximum Gasteiger partial charge on any atom is 0.259 e. The number of aryl methyl sites for hydroxylation is 1. The van der Waals surface area contributed by atoms with Crippen molar-refractivity contribution in [1.82, 2.24) is 14.7 Å². The van der Waals surface area contributed by atoms with Crippen LogP contribution in [-0.2, 0) is 6.42 Å². The second-order valence-electron chi connectivity index (χ2n) is 7.11. The lowest BCUT2D eigenvalue weighted by atomic mass is 10.1. The highest BCUT2D eigenvalue weighted by Crippen LogP contribution is 2.19. The monoisotopic (exact) mass is 404 g/mol. The van der Waals surface area contributed by atoms with E-state index in [1.807, 2.05) is 52.0 Å². The van der Waals surface area contributed by atoms with Gasteiger partial charge in [0.15, 0.2) is 0 Å². The molecule has 6 nitrogen and oxygen atoms in total. The molecule has 0 aliphatic carbocycles. The van der Waals surface area contributed by atoms with Gasteiger partial charge in [-0.2, -0.15) is 5.10 Å². The van der Waals surface area contributed by atoms with Gasteiger partial charge in [-0.1, -0.05) is 24.6 Å². The van der Waals surface area contributed by atoms with E-state index in [4.69, 9.17) is 0 Å². The zero-order chi connectivity index (χ0) is 21.7. The molecule has 1 heterocycles. The van der Waals surface area contributed by atoms with Crippen LogP contribution in [0.2, 0.25) is 0 Å². The van der Waals surface area contributed by atoms with Gasteiger partial charge in [-0.3, -0.25) is 9.59 Å². The Hall–Kier alpha value is -3.41. The highest BCUT2D eigenvalue weighted by atomic mass is 16.2. The number of benzene rings is 2. The van der Waals surface area contributed by atoms with Gasteiger partial charge in [-0.05, 0) is 63.6 Å². The zero-order valence-corrected chi connectivity index (χ0v) is 18.0. The summed E-state index contributed by atoms with van der Waals surface area (Å²) < 4.78 is 1.81. The molecule has 0 unspecified atom stereocenters. The summed E-state index contributed by atoms with van der Waals surface area (Å²) in [5, 5.41) is 7.34. The van der Waals surface area contributed by atoms with Gasteiger partial charge in [-0.15, -0.1) is 0 Å². The van der Waals surface area contributed by atoms with E-state index in [2.05, 4.69) is 10.4 Å². The molecule has 0 saturated heterocycles. The number of anilines is 1. The normalized spacial score (nSPS) is 10.7. The predicted octanol–water partition coefficient (Wildman–Crippen LogP) is 4.48. The van der Waals surface area contributed by atoms with Crippen LogP contribution in [0.15, 0.2) is 54.7 Å². The van der Waals surface area contributed by atoms with Crippen molar-refractivity contribution in [3.63, 3.8) is 0 Å². The van der Waals surface area contributed by atoms with Crippen LogP contribution in [0.5, 0.6) is 0 Å². The SMILES string of the molecule is CCc1c(C(=O)Nc2ccc(C(=O)N(CC)CC)cc2)cnn1-c1ccc(C)cc1. The molecule has 0 fully saturated rings. The lowest BCUT2D eigenvalue weighted by Crippen LogP contribution is -2.30. The van der Waals surface area contributed by atoms with Gasteiger partial charge in [0.2, 0.25) is 0 Å². The number of amides is 2. The Morgan fingerprint density at radius 1 is 0.967 bits per heavy atom. The Morgan fingerprint density at radius 2 is 1.60 bits per heavy atom. The van der Waals surface area contributed by atoms with E-state index in [-0.39, 0.29) is 11.8 Å². The van der Waals surface area contributed by atoms with E-state index in [0.717, 1.165) is 11.4 Å². The van der Waals surface area contributed by atoms with Crippen LogP contribution < -0.4 is 5.32 Å². The number of hydrogen-bond donors (Lipinski definition) is 1. The molecule has 3 aromatic rings. The molecule has 2 amide bonds. The fourth-order valence-electron chi connectivity index (χ4n) is 3.40. The van der Waals surface area contributed by atoms with Gasteiger partial charge in [0.25, 0.3) is 11.8 Å². The number of carbonyl (C=O) groups excluding carboxylic acids is 2. The van der Waals surface area contributed by atoms with Gasteiger partial charge in [0.05, 0.1) is 23.1 Å². The number of nitrogens with zero attached hydrogens (tertiary/aromatic N) is 3. The Labute approximate surface area is 177 Å². The van der Waals surface area contributed by atoms with Crippen molar-refractivity contribution in [1.29, 1.82) is 0 Å². The Morgan fingerprint density at radius 3 is 2.17 bits per heavy atom. The van der Waals surface area contributed by atoms with Crippen molar-refractivity contribution < 1.29 is 9.59 Å². The van der Waals surface area contributed by atoms with Gasteiger partial charge in [0, 0.05) is 24.3 Å². The zero-order valence-electron chi connectivity index (χ0n) is 18.0. The highest BCUT2D eigenvalue weighted by Gasteiger charge is 2.18. The van der Waals surface area contributed by atoms with E-state index in [0.29, 0.717) is 36.3 Å². The number of nitrogens with one attached hydrogen (secondary N) is 1. The molecule has 0 radical (unpaired) electrons. The maximum absolute atomic E-state index is 12.9. The molecule has 0 aliphatic rings. The van der Waals surface area contributed by atoms with Crippen LogP contribution >= 0.6 is 0 Å². The average Bonchev–Trinajstić information content (AvgIpc) is 3.20. The maximum atomic E-state index is 12.9. The Kier molecular flexibility index (Phi) is 6.67. The summed E-state index contributed by atoms with van der Waals surface area (Å²) in [4.78, 5) is 27.1. The number of hydrogen-bond acceptors (Lipinski definition) is 3. The molecule has 30 heavy (non-hydrogen) atoms. The van der Waals surface area contributed by atoms with Crippen molar-refractivity contribution in [3.8, 4) is 5.69 Å². The van der Waals surface area contributed by atoms with Gasteiger partial charge >= 0.3 is 0 Å². The van der Waals surface area contributed by atoms with Crippen LogP contribution in [0.25, 0.3) is 5.69 Å². The first-order valence-corrected chi connectivity index (χ1v) is 10.3. The van der Waals surface area contributed by atoms with Crippen molar-refractivity contribution in [2.45, 2.75) is 34.1 Å². The van der Waals surface area contributed by atoms with Crippen LogP contribution in [0, 0.1) is 6.92 Å². The topological polar surface area (TPSA) is 67.2 Å². The molecule has 2 aromatic carbocycles. The van der Waals surface area contributed by atoms with Crippen LogP contribution in [-0.4, -0.2) is 39.6 Å². The van der Waals surface area contributed by atoms with Crippen molar-refractivity contribution in [2.75, 3.05) is 18.4 Å². The molecule has 1 aromatic heterocycles. The third kappa shape index (κ3) is 4.43. The lowest BCUT2D eigenvalue weighted by molar-refractivity contribution is 0.0773. The summed E-state index contributed by atoms with van der Waals surface area (Å²) in [6, 6.07) is 15.0. The number of aromatic nitrogens is 2. The number of carbonyl (C=O) groups is 2. The van der Waals surface area contributed by atoms with E-state index in [1.165, 1.54) is 5.56 Å². The van der Waals surface area contributed by atoms with E-state index in [1.54, 1.807) is 40.0 Å². The first-order chi connectivity index (χ1) is 14.5. The summed E-state index contributed by atoms with van der Waals surface area (Å²) in [5.41, 5.74) is 4.74. The fraction of sp³-hybridized carbons (Fsp3) is 0.292. The molecule has 0 saturated carbocycles. The minimum Gasteiger partial charge on any atom is -0.339 e. The number of rotatable bonds is 7. The predicted molar refractivity (Wildman–Crippen MR) is 119 cm³/mol. The molecule has 6 heteroatoms. The highest BCUT2D eigenvalue weighted by molar-refractivity contribution is 6.05. The standard InChI is InChI=1S/C24H28N4O2/c1-5-22-21(16-25-28(22)20-14-8-17(4)9-15-20)23(29)26-19-12-10-18(11-13-19)24(30)27(6-2)7-3/h8-16H,5-7H2,1-4H3,(H,26,29). The molecule has 0 atom stereocenters. The molecule has 0 bridgehead atoms. The Bertz CT molecular complexity index is 1020. The molecule has 0 aliphatic heterocycles. The molecular weight excluding hydrogens is 376 g/mol. The van der Waals surface area contributed by atoms with Crippen LogP contribution in [0.4, 0.5) is 5.69 Å². The fourth-order valence-corrected chi connectivity index (χ4v) is 3.40.